The minimum absolute atomic E-state index is 0.226. The van der Waals surface area contributed by atoms with Crippen LogP contribution in [0.3, 0.4) is 0 Å². The fraction of sp³-hybridized carbons (Fsp3) is 0.636. The molecule has 2 amide bonds. The quantitative estimate of drug-likeness (QED) is 0.323. The molecule has 2 aliphatic rings. The van der Waals surface area contributed by atoms with Gasteiger partial charge in [-0.2, -0.15) is 0 Å². The molecule has 2 rings (SSSR count). The van der Waals surface area contributed by atoms with Gasteiger partial charge < -0.3 is 25.6 Å². The summed E-state index contributed by atoms with van der Waals surface area (Å²) in [5, 5.41) is 16.1. The summed E-state index contributed by atoms with van der Waals surface area (Å²) in [5.74, 6) is -5.95. The van der Waals surface area contributed by atoms with Crippen molar-refractivity contribution >= 4 is 34.0 Å². The van der Waals surface area contributed by atoms with E-state index < -0.39 is 64.3 Å². The van der Waals surface area contributed by atoms with Crippen LogP contribution in [0.15, 0.2) is 0 Å². The molecule has 0 saturated carbocycles. The molecule has 0 radical (unpaired) electrons. The minimum Gasteiger partial charge on any atom is -0.450 e. The maximum absolute atomic E-state index is 12.4. The number of cyclic esters (lactones) is 1. The Morgan fingerprint density at radius 1 is 1.46 bits per heavy atom. The Morgan fingerprint density at radius 2 is 2.12 bits per heavy atom. The molecule has 3 atom stereocenters. The van der Waals surface area contributed by atoms with Gasteiger partial charge in [0.1, 0.15) is 12.6 Å². The van der Waals surface area contributed by atoms with Gasteiger partial charge in [-0.15, -0.1) is 5.06 Å². The van der Waals surface area contributed by atoms with E-state index in [1.54, 1.807) is 0 Å². The summed E-state index contributed by atoms with van der Waals surface area (Å²) in [7, 11) is -4.02. The van der Waals surface area contributed by atoms with Crippen LogP contribution in [-0.4, -0.2) is 72.9 Å². The molecule has 2 unspecified atom stereocenters. The molecule has 6 N–H and O–H groups in total. The van der Waals surface area contributed by atoms with Crippen molar-refractivity contribution in [3.8, 4) is 0 Å². The highest BCUT2D eigenvalue weighted by Crippen LogP contribution is 2.34. The normalized spacial score (nSPS) is 27.2. The van der Waals surface area contributed by atoms with Crippen molar-refractivity contribution < 1.29 is 47.0 Å². The number of esters is 1. The van der Waals surface area contributed by atoms with Crippen LogP contribution < -0.4 is 16.2 Å². The topological polar surface area (TPSA) is 218 Å². The molecule has 0 aromatic rings. The van der Waals surface area contributed by atoms with E-state index >= 15 is 0 Å². The first-order chi connectivity index (χ1) is 11.9. The van der Waals surface area contributed by atoms with Gasteiger partial charge in [0.25, 0.3) is 5.91 Å². The number of rotatable bonds is 6. The fourth-order valence-corrected chi connectivity index (χ4v) is 2.98. The lowest BCUT2D eigenvalue weighted by atomic mass is 10.2. The summed E-state index contributed by atoms with van der Waals surface area (Å²) in [6.07, 6.45) is -2.36. The lowest BCUT2D eigenvalue weighted by molar-refractivity contribution is -0.337. The highest BCUT2D eigenvalue weighted by Gasteiger charge is 2.57. The van der Waals surface area contributed by atoms with Crippen molar-refractivity contribution in [3.63, 3.8) is 0 Å². The Morgan fingerprint density at radius 3 is 2.62 bits per heavy atom. The third kappa shape index (κ3) is 4.37. The standard InChI is InChI=1S/C11H16N4O10S/c12-5(4-26(13,21)22)8(17)14-6-3-23-15(9(6)18)11(25-10(19)20)2-1-7(16)24-11/h5-6H,1-4,12H2,(H,14,17)(H,19,20)(H2,13,21,22)/t5?,6-,11?/m0/s1. The number of hydrogen-bond acceptors (Lipinski definition) is 10. The summed E-state index contributed by atoms with van der Waals surface area (Å²) in [6, 6.07) is -2.87. The number of hydroxylamine groups is 2. The number of amides is 2. The van der Waals surface area contributed by atoms with Gasteiger partial charge in [0, 0.05) is 0 Å². The zero-order chi connectivity index (χ0) is 19.7. The first kappa shape index (κ1) is 19.8. The van der Waals surface area contributed by atoms with Gasteiger partial charge in [-0.1, -0.05) is 0 Å². The first-order valence-corrected chi connectivity index (χ1v) is 8.82. The second-order valence-electron chi connectivity index (χ2n) is 5.48. The molecular weight excluding hydrogens is 380 g/mol. The van der Waals surface area contributed by atoms with Crippen LogP contribution in [0.25, 0.3) is 0 Å². The summed E-state index contributed by atoms with van der Waals surface area (Å²) >= 11 is 0. The molecular formula is C11H16N4O10S. The molecule has 2 heterocycles. The number of ether oxygens (including phenoxy) is 2. The third-order valence-corrected chi connectivity index (χ3v) is 4.23. The third-order valence-electron chi connectivity index (χ3n) is 3.41. The van der Waals surface area contributed by atoms with E-state index in [0.717, 1.165) is 0 Å². The highest BCUT2D eigenvalue weighted by atomic mass is 32.2. The van der Waals surface area contributed by atoms with Crippen LogP contribution in [0, 0.1) is 0 Å². The van der Waals surface area contributed by atoms with Crippen molar-refractivity contribution in [2.75, 3.05) is 12.4 Å². The number of nitrogens with two attached hydrogens (primary N) is 2. The van der Waals surface area contributed by atoms with Gasteiger partial charge in [-0.05, 0) is 0 Å². The number of carboxylic acid groups (broad SMARTS) is 1. The largest absolute Gasteiger partial charge is 0.510 e. The van der Waals surface area contributed by atoms with E-state index in [0.29, 0.717) is 5.06 Å². The zero-order valence-corrected chi connectivity index (χ0v) is 13.9. The second-order valence-corrected chi connectivity index (χ2v) is 7.14. The van der Waals surface area contributed by atoms with E-state index in [1.807, 2.05) is 0 Å². The van der Waals surface area contributed by atoms with Crippen molar-refractivity contribution in [2.45, 2.75) is 30.8 Å². The SMILES string of the molecule is NC(CS(N)(=O)=O)C(=O)N[C@H]1CON(C2(OC(=O)O)CCC(=O)O2)C1=O. The summed E-state index contributed by atoms with van der Waals surface area (Å²) < 4.78 is 31.2. The van der Waals surface area contributed by atoms with Crippen LogP contribution in [0.5, 0.6) is 0 Å². The van der Waals surface area contributed by atoms with E-state index in [2.05, 4.69) is 10.1 Å². The molecule has 2 saturated heterocycles. The molecule has 0 spiro atoms. The Kier molecular flexibility index (Phi) is 5.36. The molecule has 0 bridgehead atoms. The molecule has 146 valence electrons. The molecule has 0 aromatic carbocycles. The van der Waals surface area contributed by atoms with Gasteiger partial charge in [0.15, 0.2) is 0 Å². The fourth-order valence-electron chi connectivity index (χ4n) is 2.33. The average molecular weight is 396 g/mol. The smallest absolute Gasteiger partial charge is 0.450 e. The molecule has 15 heteroatoms. The molecule has 14 nitrogen and oxygen atoms in total. The van der Waals surface area contributed by atoms with Gasteiger partial charge in [-0.25, -0.2) is 18.4 Å². The Bertz CT molecular complexity index is 739. The number of nitrogens with one attached hydrogen (secondary N) is 1. The zero-order valence-electron chi connectivity index (χ0n) is 13.1. The van der Waals surface area contributed by atoms with Crippen molar-refractivity contribution in [1.82, 2.24) is 10.4 Å². The Hall–Kier alpha value is -2.49. The number of carbonyl (C=O) groups excluding carboxylic acids is 3. The number of carbonyl (C=O) groups is 4. The number of sulfonamides is 1. The first-order valence-electron chi connectivity index (χ1n) is 7.11. The monoisotopic (exact) mass is 396 g/mol. The van der Waals surface area contributed by atoms with E-state index in [9.17, 15) is 27.6 Å². The van der Waals surface area contributed by atoms with Crippen molar-refractivity contribution in [1.29, 1.82) is 0 Å². The number of primary sulfonamides is 1. The van der Waals surface area contributed by atoms with Crippen molar-refractivity contribution in [3.05, 3.63) is 0 Å². The maximum atomic E-state index is 12.4. The molecule has 2 fully saturated rings. The predicted molar refractivity (Wildman–Crippen MR) is 77.8 cm³/mol. The summed E-state index contributed by atoms with van der Waals surface area (Å²) in [6.45, 7) is -0.449. The molecule has 0 aromatic heterocycles. The Labute approximate surface area is 146 Å². The van der Waals surface area contributed by atoms with Gasteiger partial charge in [-0.3, -0.25) is 19.2 Å². The van der Waals surface area contributed by atoms with Crippen LogP contribution >= 0.6 is 0 Å². The average Bonchev–Trinajstić information content (AvgIpc) is 3.01. The number of hydrogen-bond donors (Lipinski definition) is 4. The van der Waals surface area contributed by atoms with Gasteiger partial charge >= 0.3 is 18.0 Å². The summed E-state index contributed by atoms with van der Waals surface area (Å²) in [5.41, 5.74) is 5.39. The van der Waals surface area contributed by atoms with Crippen LogP contribution in [-0.2, 0) is 38.7 Å². The van der Waals surface area contributed by atoms with E-state index in [4.69, 9.17) is 25.6 Å². The van der Waals surface area contributed by atoms with Gasteiger partial charge in [0.2, 0.25) is 15.9 Å². The molecule has 0 aliphatic carbocycles. The van der Waals surface area contributed by atoms with Crippen LogP contribution in [0.1, 0.15) is 12.8 Å². The lowest BCUT2D eigenvalue weighted by Crippen LogP contribution is -2.56. The van der Waals surface area contributed by atoms with E-state index in [1.165, 1.54) is 0 Å². The highest BCUT2D eigenvalue weighted by molar-refractivity contribution is 7.89. The number of nitrogens with zero attached hydrogens (tertiary/aromatic N) is 1. The van der Waals surface area contributed by atoms with Gasteiger partial charge in [0.05, 0.1) is 24.6 Å². The maximum Gasteiger partial charge on any atom is 0.510 e. The van der Waals surface area contributed by atoms with Crippen LogP contribution in [0.4, 0.5) is 4.79 Å². The minimum atomic E-state index is -4.02. The second kappa shape index (κ2) is 7.02. The lowest BCUT2D eigenvalue weighted by Gasteiger charge is -2.32. The molecule has 26 heavy (non-hydrogen) atoms. The van der Waals surface area contributed by atoms with Crippen molar-refractivity contribution in [2.24, 2.45) is 10.9 Å². The van der Waals surface area contributed by atoms with E-state index in [-0.39, 0.29) is 12.8 Å². The summed E-state index contributed by atoms with van der Waals surface area (Å²) in [4.78, 5) is 51.4. The van der Waals surface area contributed by atoms with Crippen LogP contribution in [0.2, 0.25) is 0 Å². The molecule has 2 aliphatic heterocycles. The Balaban J connectivity index is 2.08. The predicted octanol–water partition coefficient (Wildman–Crippen LogP) is -3.45.